The second-order valence-corrected chi connectivity index (χ2v) is 6.06. The molecular weight excluding hydrogens is 256 g/mol. The molecule has 0 radical (unpaired) electrons. The van der Waals surface area contributed by atoms with Crippen molar-refractivity contribution in [3.63, 3.8) is 0 Å². The van der Waals surface area contributed by atoms with Crippen molar-refractivity contribution >= 4 is 6.21 Å². The van der Waals surface area contributed by atoms with Crippen molar-refractivity contribution in [3.05, 3.63) is 65.0 Å². The maximum atomic E-state index is 7.95. The molecular formula is C19H24N2. The lowest BCUT2D eigenvalue weighted by molar-refractivity contribution is 0.791. The Hall–Kier alpha value is -1.96. The third-order valence-corrected chi connectivity index (χ3v) is 3.90. The molecule has 0 aliphatic heterocycles. The summed E-state index contributed by atoms with van der Waals surface area (Å²) in [5.41, 5.74) is 4.85. The average Bonchev–Trinajstić information content (AvgIpc) is 2.48. The summed E-state index contributed by atoms with van der Waals surface area (Å²) in [6, 6.07) is 12.4. The zero-order valence-electron chi connectivity index (χ0n) is 13.3. The number of hydrogen-bond acceptors (Lipinski definition) is 2. The molecule has 0 amide bonds. The Balaban J connectivity index is 2.66. The lowest BCUT2D eigenvalue weighted by atomic mass is 9.81. The van der Waals surface area contributed by atoms with Crippen LogP contribution in [-0.2, 0) is 0 Å². The van der Waals surface area contributed by atoms with Crippen LogP contribution in [0.2, 0.25) is 0 Å². The molecule has 1 heterocycles. The van der Waals surface area contributed by atoms with Crippen molar-refractivity contribution in [2.75, 3.05) is 0 Å². The van der Waals surface area contributed by atoms with E-state index in [0.717, 1.165) is 5.69 Å². The summed E-state index contributed by atoms with van der Waals surface area (Å²) in [5, 5.41) is 7.95. The molecule has 0 fully saturated rings. The van der Waals surface area contributed by atoms with Crippen molar-refractivity contribution in [1.29, 1.82) is 5.41 Å². The minimum absolute atomic E-state index is 0.0674. The molecule has 0 bridgehead atoms. The van der Waals surface area contributed by atoms with E-state index in [1.165, 1.54) is 22.9 Å². The molecule has 110 valence electrons. The molecule has 2 aromatic rings. The van der Waals surface area contributed by atoms with E-state index in [1.807, 2.05) is 18.2 Å². The fourth-order valence-electron chi connectivity index (χ4n) is 2.84. The molecule has 21 heavy (non-hydrogen) atoms. The van der Waals surface area contributed by atoms with Crippen LogP contribution in [0.15, 0.2) is 42.6 Å². The van der Waals surface area contributed by atoms with E-state index in [2.05, 4.69) is 50.9 Å². The zero-order chi connectivity index (χ0) is 15.4. The largest absolute Gasteiger partial charge is 0.312 e. The predicted octanol–water partition coefficient (Wildman–Crippen LogP) is 5.11. The van der Waals surface area contributed by atoms with E-state index in [-0.39, 0.29) is 5.92 Å². The minimum atomic E-state index is -0.0674. The first-order valence-corrected chi connectivity index (χ1v) is 7.60. The summed E-state index contributed by atoms with van der Waals surface area (Å²) in [5.74, 6) is 0.803. The van der Waals surface area contributed by atoms with Gasteiger partial charge in [0, 0.05) is 12.4 Å². The lowest BCUT2D eigenvalue weighted by Gasteiger charge is -2.24. The van der Waals surface area contributed by atoms with Gasteiger partial charge < -0.3 is 5.41 Å². The van der Waals surface area contributed by atoms with Gasteiger partial charge in [0.15, 0.2) is 0 Å². The van der Waals surface area contributed by atoms with E-state index in [4.69, 9.17) is 5.41 Å². The summed E-state index contributed by atoms with van der Waals surface area (Å²) >= 11 is 0. The first-order chi connectivity index (χ1) is 10.1. The quantitative estimate of drug-likeness (QED) is 0.759. The maximum Gasteiger partial charge on any atom is 0.0614 e. The molecule has 1 aromatic heterocycles. The average molecular weight is 280 g/mol. The number of benzene rings is 1. The van der Waals surface area contributed by atoms with Gasteiger partial charge in [0.05, 0.1) is 11.6 Å². The highest BCUT2D eigenvalue weighted by Crippen LogP contribution is 2.35. The molecule has 1 unspecified atom stereocenters. The molecule has 1 aromatic carbocycles. The van der Waals surface area contributed by atoms with E-state index in [1.54, 1.807) is 6.20 Å². The van der Waals surface area contributed by atoms with Gasteiger partial charge in [0.2, 0.25) is 0 Å². The smallest absolute Gasteiger partial charge is 0.0614 e. The number of nitrogens with one attached hydrogen (secondary N) is 1. The van der Waals surface area contributed by atoms with Crippen molar-refractivity contribution in [1.82, 2.24) is 4.98 Å². The third kappa shape index (κ3) is 3.21. The molecule has 1 atom stereocenters. The summed E-state index contributed by atoms with van der Waals surface area (Å²) < 4.78 is 0. The van der Waals surface area contributed by atoms with Crippen molar-refractivity contribution < 1.29 is 0 Å². The molecule has 2 nitrogen and oxygen atoms in total. The van der Waals surface area contributed by atoms with Crippen LogP contribution in [0.3, 0.4) is 0 Å². The summed E-state index contributed by atoms with van der Waals surface area (Å²) in [6.07, 6.45) is 3.33. The molecule has 0 saturated carbocycles. The number of pyridine rings is 1. The van der Waals surface area contributed by atoms with Crippen LogP contribution in [0.4, 0.5) is 0 Å². The predicted molar refractivity (Wildman–Crippen MR) is 89.5 cm³/mol. The Morgan fingerprint density at radius 2 is 1.52 bits per heavy atom. The van der Waals surface area contributed by atoms with Gasteiger partial charge in [-0.3, -0.25) is 4.98 Å². The maximum absolute atomic E-state index is 7.95. The topological polar surface area (TPSA) is 36.7 Å². The normalized spacial score (nSPS) is 12.7. The van der Waals surface area contributed by atoms with Gasteiger partial charge in [0.1, 0.15) is 0 Å². The number of aromatic nitrogens is 1. The second kappa shape index (κ2) is 6.66. The third-order valence-electron chi connectivity index (χ3n) is 3.90. The van der Waals surface area contributed by atoms with E-state index in [0.29, 0.717) is 11.8 Å². The van der Waals surface area contributed by atoms with Crippen LogP contribution >= 0.6 is 0 Å². The molecule has 0 aliphatic carbocycles. The van der Waals surface area contributed by atoms with Gasteiger partial charge in [-0.2, -0.15) is 0 Å². The molecule has 0 saturated heterocycles. The number of rotatable bonds is 5. The Kier molecular flexibility index (Phi) is 4.89. The first-order valence-electron chi connectivity index (χ1n) is 7.60. The lowest BCUT2D eigenvalue weighted by Crippen LogP contribution is -2.12. The number of nitrogens with zero attached hydrogens (tertiary/aromatic N) is 1. The number of hydrogen-bond donors (Lipinski definition) is 1. The van der Waals surface area contributed by atoms with E-state index >= 15 is 0 Å². The second-order valence-electron chi connectivity index (χ2n) is 6.06. The van der Waals surface area contributed by atoms with Crippen molar-refractivity contribution in [3.8, 4) is 0 Å². The highest BCUT2D eigenvalue weighted by atomic mass is 14.7. The Morgan fingerprint density at radius 1 is 0.905 bits per heavy atom. The fraction of sp³-hybridized carbons (Fsp3) is 0.368. The Morgan fingerprint density at radius 3 is 1.95 bits per heavy atom. The Bertz CT molecular complexity index is 574. The SMILES string of the molecule is CC(C)c1cccc(C(C)C)c1C(C=N)c1ccccn1. The van der Waals surface area contributed by atoms with Crippen LogP contribution in [0, 0.1) is 5.41 Å². The molecule has 2 rings (SSSR count). The zero-order valence-corrected chi connectivity index (χ0v) is 13.3. The van der Waals surface area contributed by atoms with Gasteiger partial charge in [-0.25, -0.2) is 0 Å². The monoisotopic (exact) mass is 280 g/mol. The fourth-order valence-corrected chi connectivity index (χ4v) is 2.84. The van der Waals surface area contributed by atoms with Gasteiger partial charge >= 0.3 is 0 Å². The van der Waals surface area contributed by atoms with Gasteiger partial charge in [-0.1, -0.05) is 52.0 Å². The summed E-state index contributed by atoms with van der Waals surface area (Å²) in [7, 11) is 0. The highest BCUT2D eigenvalue weighted by Gasteiger charge is 2.22. The molecule has 0 spiro atoms. The van der Waals surface area contributed by atoms with Crippen LogP contribution in [0.5, 0.6) is 0 Å². The molecule has 0 aliphatic rings. The summed E-state index contributed by atoms with van der Waals surface area (Å²) in [4.78, 5) is 4.48. The van der Waals surface area contributed by atoms with Gasteiger partial charge in [-0.15, -0.1) is 0 Å². The van der Waals surface area contributed by atoms with E-state index < -0.39 is 0 Å². The highest BCUT2D eigenvalue weighted by molar-refractivity contribution is 5.72. The standard InChI is InChI=1S/C19H24N2/c1-13(2)15-8-7-9-16(14(3)4)19(15)17(12-20)18-10-5-6-11-21-18/h5-14,17,20H,1-4H3. The summed E-state index contributed by atoms with van der Waals surface area (Å²) in [6.45, 7) is 8.84. The van der Waals surface area contributed by atoms with Crippen LogP contribution < -0.4 is 0 Å². The van der Waals surface area contributed by atoms with Crippen LogP contribution in [0.1, 0.15) is 67.8 Å². The van der Waals surface area contributed by atoms with E-state index in [9.17, 15) is 0 Å². The Labute approximate surface area is 127 Å². The molecule has 2 heteroatoms. The van der Waals surface area contributed by atoms with Crippen molar-refractivity contribution in [2.45, 2.75) is 45.4 Å². The minimum Gasteiger partial charge on any atom is -0.312 e. The molecule has 1 N–H and O–H groups in total. The van der Waals surface area contributed by atoms with Gasteiger partial charge in [-0.05, 0) is 40.7 Å². The van der Waals surface area contributed by atoms with Crippen molar-refractivity contribution in [2.24, 2.45) is 0 Å². The van der Waals surface area contributed by atoms with Crippen LogP contribution in [0.25, 0.3) is 0 Å². The first kappa shape index (κ1) is 15.4. The van der Waals surface area contributed by atoms with Gasteiger partial charge in [0.25, 0.3) is 0 Å². The van der Waals surface area contributed by atoms with Crippen LogP contribution in [-0.4, -0.2) is 11.2 Å².